The molecule has 0 heterocycles. The first-order valence-electron chi connectivity index (χ1n) is 4.22. The first-order chi connectivity index (χ1) is 6.34. The number of allylic oxidation sites excluding steroid dienone is 1. The third-order valence-corrected chi connectivity index (χ3v) is 1.70. The van der Waals surface area contributed by atoms with E-state index in [4.69, 9.17) is 6.42 Å². The van der Waals surface area contributed by atoms with E-state index >= 15 is 0 Å². The maximum atomic E-state index is 9.54. The van der Waals surface area contributed by atoms with Crippen LogP contribution in [0.2, 0.25) is 0 Å². The summed E-state index contributed by atoms with van der Waals surface area (Å²) < 4.78 is 0. The van der Waals surface area contributed by atoms with Crippen molar-refractivity contribution in [3.8, 4) is 12.3 Å². The molecular weight excluding hydrogens is 160 g/mol. The Morgan fingerprint density at radius 1 is 1.38 bits per heavy atom. The lowest BCUT2D eigenvalue weighted by Crippen LogP contribution is -1.81. The van der Waals surface area contributed by atoms with E-state index in [9.17, 15) is 5.11 Å². The van der Waals surface area contributed by atoms with Crippen LogP contribution in [0.4, 0.5) is 0 Å². The van der Waals surface area contributed by atoms with Gasteiger partial charge in [0.2, 0.25) is 0 Å². The lowest BCUT2D eigenvalue weighted by molar-refractivity contribution is 0.509. The van der Waals surface area contributed by atoms with E-state index in [1.807, 2.05) is 30.3 Å². The second-order valence-corrected chi connectivity index (χ2v) is 2.70. The van der Waals surface area contributed by atoms with E-state index in [2.05, 4.69) is 5.92 Å². The Balaban J connectivity index is 2.63. The lowest BCUT2D eigenvalue weighted by atomic mass is 10.1. The lowest BCUT2D eigenvalue weighted by Gasteiger charge is -1.98. The number of benzene rings is 1. The van der Waals surface area contributed by atoms with Crippen molar-refractivity contribution in [2.75, 3.05) is 0 Å². The number of aliphatic hydroxyl groups is 1. The molecule has 0 atom stereocenters. The normalized spacial score (nSPS) is 10.8. The Labute approximate surface area is 78.7 Å². The molecule has 0 radical (unpaired) electrons. The summed E-state index contributed by atoms with van der Waals surface area (Å²) in [5.74, 6) is 2.82. The van der Waals surface area contributed by atoms with Crippen LogP contribution >= 0.6 is 0 Å². The molecule has 0 amide bonds. The minimum absolute atomic E-state index is 0.302. The Morgan fingerprint density at radius 2 is 2.08 bits per heavy atom. The van der Waals surface area contributed by atoms with Crippen LogP contribution in [0.15, 0.2) is 36.4 Å². The molecule has 0 aliphatic rings. The van der Waals surface area contributed by atoms with Gasteiger partial charge in [-0.2, -0.15) is 0 Å². The molecular formula is C12H12O. The van der Waals surface area contributed by atoms with Crippen LogP contribution < -0.4 is 0 Å². The number of aliphatic hydroxyl groups excluding tert-OH is 1. The van der Waals surface area contributed by atoms with Gasteiger partial charge in [0, 0.05) is 12.0 Å². The van der Waals surface area contributed by atoms with Gasteiger partial charge in [-0.25, -0.2) is 0 Å². The van der Waals surface area contributed by atoms with Crippen molar-refractivity contribution in [1.29, 1.82) is 0 Å². The Bertz CT molecular complexity index is 317. The minimum atomic E-state index is 0.302. The van der Waals surface area contributed by atoms with Crippen molar-refractivity contribution < 1.29 is 5.11 Å². The van der Waals surface area contributed by atoms with Crippen molar-refractivity contribution in [2.45, 2.75) is 12.8 Å². The van der Waals surface area contributed by atoms with Crippen molar-refractivity contribution in [1.82, 2.24) is 0 Å². The van der Waals surface area contributed by atoms with Crippen molar-refractivity contribution in [3.05, 3.63) is 42.0 Å². The van der Waals surface area contributed by atoms with Gasteiger partial charge in [-0.1, -0.05) is 30.3 Å². The van der Waals surface area contributed by atoms with E-state index < -0.39 is 0 Å². The summed E-state index contributed by atoms with van der Waals surface area (Å²) in [6.45, 7) is 0. The zero-order chi connectivity index (χ0) is 9.52. The van der Waals surface area contributed by atoms with Crippen LogP contribution in [0.3, 0.4) is 0 Å². The van der Waals surface area contributed by atoms with Gasteiger partial charge < -0.3 is 5.11 Å². The minimum Gasteiger partial charge on any atom is -0.508 e. The molecule has 13 heavy (non-hydrogen) atoms. The summed E-state index contributed by atoms with van der Waals surface area (Å²) in [5.41, 5.74) is 0.833. The number of hydrogen-bond donors (Lipinski definition) is 1. The molecule has 0 saturated heterocycles. The zero-order valence-electron chi connectivity index (χ0n) is 7.40. The van der Waals surface area contributed by atoms with Crippen molar-refractivity contribution in [3.63, 3.8) is 0 Å². The SMILES string of the molecule is C#CCC/C=C(/O)c1ccccc1. The average Bonchev–Trinajstić information content (AvgIpc) is 2.19. The maximum Gasteiger partial charge on any atom is 0.118 e. The maximum absolute atomic E-state index is 9.54. The fourth-order valence-corrected chi connectivity index (χ4v) is 1.02. The molecule has 0 aliphatic heterocycles. The smallest absolute Gasteiger partial charge is 0.118 e. The summed E-state index contributed by atoms with van der Waals surface area (Å²) in [6.07, 6.45) is 8.22. The average molecular weight is 172 g/mol. The topological polar surface area (TPSA) is 20.2 Å². The third-order valence-electron chi connectivity index (χ3n) is 1.70. The molecule has 1 aromatic carbocycles. The van der Waals surface area contributed by atoms with Gasteiger partial charge in [0.1, 0.15) is 5.76 Å². The molecule has 0 spiro atoms. The molecule has 1 N–H and O–H groups in total. The quantitative estimate of drug-likeness (QED) is 0.422. The summed E-state index contributed by atoms with van der Waals surface area (Å²) >= 11 is 0. The van der Waals surface area contributed by atoms with Crippen LogP contribution in [0.25, 0.3) is 5.76 Å². The largest absolute Gasteiger partial charge is 0.508 e. The molecule has 1 rings (SSSR count). The molecule has 0 aliphatic carbocycles. The second kappa shape index (κ2) is 5.05. The Kier molecular flexibility index (Phi) is 3.66. The van der Waals surface area contributed by atoms with Gasteiger partial charge in [-0.3, -0.25) is 0 Å². The number of terminal acetylenes is 1. The molecule has 0 unspecified atom stereocenters. The Hall–Kier alpha value is -1.68. The number of rotatable bonds is 3. The highest BCUT2D eigenvalue weighted by molar-refractivity contribution is 5.57. The summed E-state index contributed by atoms with van der Waals surface area (Å²) in [5, 5.41) is 9.54. The Morgan fingerprint density at radius 3 is 2.69 bits per heavy atom. The van der Waals surface area contributed by atoms with E-state index in [-0.39, 0.29) is 0 Å². The predicted molar refractivity (Wildman–Crippen MR) is 55.1 cm³/mol. The van der Waals surface area contributed by atoms with Gasteiger partial charge in [-0.15, -0.1) is 12.3 Å². The molecule has 0 saturated carbocycles. The molecule has 66 valence electrons. The highest BCUT2D eigenvalue weighted by Crippen LogP contribution is 2.11. The van der Waals surface area contributed by atoms with Crippen LogP contribution in [0, 0.1) is 12.3 Å². The summed E-state index contributed by atoms with van der Waals surface area (Å²) in [7, 11) is 0. The monoisotopic (exact) mass is 172 g/mol. The van der Waals surface area contributed by atoms with Crippen LogP contribution in [0.5, 0.6) is 0 Å². The van der Waals surface area contributed by atoms with Gasteiger partial charge in [0.25, 0.3) is 0 Å². The highest BCUT2D eigenvalue weighted by atomic mass is 16.3. The van der Waals surface area contributed by atoms with Crippen LogP contribution in [-0.2, 0) is 0 Å². The molecule has 0 bridgehead atoms. The first kappa shape index (κ1) is 9.41. The highest BCUT2D eigenvalue weighted by Gasteiger charge is 1.94. The first-order valence-corrected chi connectivity index (χ1v) is 4.22. The van der Waals surface area contributed by atoms with Gasteiger partial charge in [-0.05, 0) is 12.5 Å². The summed E-state index contributed by atoms with van der Waals surface area (Å²) in [6, 6.07) is 9.42. The van der Waals surface area contributed by atoms with Gasteiger partial charge >= 0.3 is 0 Å². The van der Waals surface area contributed by atoms with Crippen LogP contribution in [0.1, 0.15) is 18.4 Å². The number of hydrogen-bond acceptors (Lipinski definition) is 1. The fourth-order valence-electron chi connectivity index (χ4n) is 1.02. The summed E-state index contributed by atoms with van der Waals surface area (Å²) in [4.78, 5) is 0. The van der Waals surface area contributed by atoms with E-state index in [1.165, 1.54) is 0 Å². The van der Waals surface area contributed by atoms with Gasteiger partial charge in [0.15, 0.2) is 0 Å². The molecule has 0 aromatic heterocycles. The fraction of sp³-hybridized carbons (Fsp3) is 0.167. The third kappa shape index (κ3) is 3.04. The predicted octanol–water partition coefficient (Wildman–Crippen LogP) is 3.00. The molecule has 1 heteroatoms. The standard InChI is InChI=1S/C12H12O/c1-2-3-5-10-12(13)11-8-6-4-7-9-11/h1,4,6-10,13H,3,5H2/b12-10+. The van der Waals surface area contributed by atoms with E-state index in [0.29, 0.717) is 12.2 Å². The van der Waals surface area contributed by atoms with Crippen molar-refractivity contribution >= 4 is 5.76 Å². The van der Waals surface area contributed by atoms with Crippen molar-refractivity contribution in [2.24, 2.45) is 0 Å². The second-order valence-electron chi connectivity index (χ2n) is 2.70. The molecule has 1 aromatic rings. The van der Waals surface area contributed by atoms with Gasteiger partial charge in [0.05, 0.1) is 0 Å². The number of unbranched alkanes of at least 4 members (excludes halogenated alkanes) is 1. The molecule has 1 nitrogen and oxygen atoms in total. The molecule has 0 fully saturated rings. The van der Waals surface area contributed by atoms with Crippen LogP contribution in [-0.4, -0.2) is 5.11 Å². The van der Waals surface area contributed by atoms with E-state index in [1.54, 1.807) is 6.08 Å². The zero-order valence-corrected chi connectivity index (χ0v) is 7.40. The van der Waals surface area contributed by atoms with E-state index in [0.717, 1.165) is 12.0 Å².